The van der Waals surface area contributed by atoms with Crippen molar-refractivity contribution in [2.45, 2.75) is 65.3 Å². The van der Waals surface area contributed by atoms with Gasteiger partial charge in [-0.2, -0.15) is 5.10 Å². The van der Waals surface area contributed by atoms with Gasteiger partial charge in [0.05, 0.1) is 29.1 Å². The minimum Gasteiger partial charge on any atom is -0.462 e. The molecule has 1 spiro atoms. The summed E-state index contributed by atoms with van der Waals surface area (Å²) in [5.41, 5.74) is 3.38. The molecule has 1 aromatic heterocycles. The Balaban J connectivity index is 1.25. The fourth-order valence-corrected chi connectivity index (χ4v) is 6.03. The van der Waals surface area contributed by atoms with Crippen LogP contribution in [0.5, 0.6) is 0 Å². The summed E-state index contributed by atoms with van der Waals surface area (Å²) in [6, 6.07) is 6.82. The highest BCUT2D eigenvalue weighted by molar-refractivity contribution is 5.98. The van der Waals surface area contributed by atoms with E-state index in [1.807, 2.05) is 23.4 Å². The molecule has 1 aromatic carbocycles. The fourth-order valence-electron chi connectivity index (χ4n) is 6.03. The van der Waals surface area contributed by atoms with Gasteiger partial charge in [0.2, 0.25) is 0 Å². The Morgan fingerprint density at radius 2 is 1.90 bits per heavy atom. The minimum absolute atomic E-state index is 0.0159. The number of aromatic nitrogens is 2. The zero-order valence-corrected chi connectivity index (χ0v) is 23.2. The molecular formula is C30H40N4O5. The predicted molar refractivity (Wildman–Crippen MR) is 146 cm³/mol. The Morgan fingerprint density at radius 1 is 1.15 bits per heavy atom. The lowest BCUT2D eigenvalue weighted by Gasteiger charge is -2.36. The van der Waals surface area contributed by atoms with Crippen LogP contribution in [0, 0.1) is 11.3 Å². The van der Waals surface area contributed by atoms with Gasteiger partial charge in [-0.3, -0.25) is 14.3 Å². The van der Waals surface area contributed by atoms with E-state index in [9.17, 15) is 14.4 Å². The van der Waals surface area contributed by atoms with E-state index >= 15 is 0 Å². The first-order valence-corrected chi connectivity index (χ1v) is 14.4. The van der Waals surface area contributed by atoms with Gasteiger partial charge >= 0.3 is 5.97 Å². The number of esters is 1. The first-order chi connectivity index (χ1) is 18.9. The zero-order chi connectivity index (χ0) is 27.4. The third kappa shape index (κ3) is 6.03. The average molecular weight is 537 g/mol. The van der Waals surface area contributed by atoms with E-state index in [0.29, 0.717) is 49.4 Å². The molecule has 2 fully saturated rings. The van der Waals surface area contributed by atoms with Crippen LogP contribution in [-0.4, -0.2) is 71.9 Å². The van der Waals surface area contributed by atoms with Crippen molar-refractivity contribution in [3.8, 4) is 0 Å². The molecule has 0 bridgehead atoms. The van der Waals surface area contributed by atoms with E-state index in [4.69, 9.17) is 14.6 Å². The molecule has 3 aliphatic heterocycles. The van der Waals surface area contributed by atoms with Crippen LogP contribution in [0.3, 0.4) is 0 Å². The number of nitrogens with zero attached hydrogens (tertiary/aromatic N) is 3. The van der Waals surface area contributed by atoms with Crippen LogP contribution in [0.4, 0.5) is 0 Å². The van der Waals surface area contributed by atoms with Crippen molar-refractivity contribution < 1.29 is 23.9 Å². The number of hydrogen-bond acceptors (Lipinski definition) is 6. The van der Waals surface area contributed by atoms with Crippen LogP contribution in [0.2, 0.25) is 0 Å². The first kappa shape index (κ1) is 27.4. The SMILES string of the molecule is CCc1nn(CC(C)COC(=O)c2cccc(C(=O)N3CCCCC3)c2)c2c1C(=O)NCC1(CCOCC1)C2. The highest BCUT2D eigenvalue weighted by Gasteiger charge is 2.39. The smallest absolute Gasteiger partial charge is 0.338 e. The summed E-state index contributed by atoms with van der Waals surface area (Å²) in [7, 11) is 0. The second-order valence-electron chi connectivity index (χ2n) is 11.4. The Hall–Kier alpha value is -3.20. The number of aryl methyl sites for hydroxylation is 1. The fraction of sp³-hybridized carbons (Fsp3) is 0.600. The quantitative estimate of drug-likeness (QED) is 0.542. The van der Waals surface area contributed by atoms with Crippen molar-refractivity contribution in [2.24, 2.45) is 11.3 Å². The number of benzene rings is 1. The second-order valence-corrected chi connectivity index (χ2v) is 11.4. The van der Waals surface area contributed by atoms with Gasteiger partial charge in [-0.05, 0) is 68.6 Å². The molecule has 9 nitrogen and oxygen atoms in total. The lowest BCUT2D eigenvalue weighted by molar-refractivity contribution is 0.0151. The molecule has 1 atom stereocenters. The van der Waals surface area contributed by atoms with Crippen molar-refractivity contribution in [1.29, 1.82) is 0 Å². The maximum Gasteiger partial charge on any atom is 0.338 e. The molecule has 3 aliphatic rings. The van der Waals surface area contributed by atoms with E-state index in [0.717, 1.165) is 63.0 Å². The van der Waals surface area contributed by atoms with Crippen molar-refractivity contribution in [2.75, 3.05) is 39.5 Å². The van der Waals surface area contributed by atoms with Crippen molar-refractivity contribution in [3.63, 3.8) is 0 Å². The van der Waals surface area contributed by atoms with Gasteiger partial charge in [-0.1, -0.05) is 19.9 Å². The van der Waals surface area contributed by atoms with E-state index in [2.05, 4.69) is 5.32 Å². The third-order valence-corrected chi connectivity index (χ3v) is 8.38. The maximum atomic E-state index is 13.1. The Kier molecular flexibility index (Phi) is 8.35. The minimum atomic E-state index is -0.441. The molecule has 0 saturated carbocycles. The van der Waals surface area contributed by atoms with Gasteiger partial charge in [-0.25, -0.2) is 4.79 Å². The number of hydrogen-bond donors (Lipinski definition) is 1. The molecule has 2 aromatic rings. The number of likely N-dealkylation sites (tertiary alicyclic amines) is 1. The summed E-state index contributed by atoms with van der Waals surface area (Å²) in [6.07, 6.45) is 6.46. The predicted octanol–water partition coefficient (Wildman–Crippen LogP) is 3.65. The van der Waals surface area contributed by atoms with Crippen LogP contribution in [0.15, 0.2) is 24.3 Å². The normalized spacial score (nSPS) is 19.6. The van der Waals surface area contributed by atoms with Crippen molar-refractivity contribution >= 4 is 17.8 Å². The van der Waals surface area contributed by atoms with Crippen LogP contribution < -0.4 is 5.32 Å². The molecule has 4 heterocycles. The van der Waals surface area contributed by atoms with Crippen LogP contribution in [-0.2, 0) is 28.9 Å². The number of amides is 2. The Bertz CT molecular complexity index is 1210. The summed E-state index contributed by atoms with van der Waals surface area (Å²) in [5, 5.41) is 7.97. The largest absolute Gasteiger partial charge is 0.462 e. The number of piperidine rings is 1. The van der Waals surface area contributed by atoms with E-state index < -0.39 is 5.97 Å². The molecule has 0 radical (unpaired) electrons. The molecule has 5 rings (SSSR count). The average Bonchev–Trinajstić information content (AvgIpc) is 3.24. The molecular weight excluding hydrogens is 496 g/mol. The Morgan fingerprint density at radius 3 is 2.64 bits per heavy atom. The molecule has 210 valence electrons. The van der Waals surface area contributed by atoms with Gasteiger partial charge in [0, 0.05) is 50.9 Å². The van der Waals surface area contributed by atoms with Crippen LogP contribution in [0.1, 0.15) is 88.4 Å². The first-order valence-electron chi connectivity index (χ1n) is 14.4. The summed E-state index contributed by atoms with van der Waals surface area (Å²) in [4.78, 5) is 40.7. The third-order valence-electron chi connectivity index (χ3n) is 8.38. The highest BCUT2D eigenvalue weighted by Crippen LogP contribution is 2.37. The number of fused-ring (bicyclic) bond motifs is 1. The standard InChI is InChI=1S/C30H40N4O5/c1-3-24-26-25(17-30(20-31-27(26)35)10-14-38-15-11-30)34(32-24)18-21(2)19-39-29(37)23-9-7-8-22(16-23)28(36)33-12-5-4-6-13-33/h7-9,16,21H,3-6,10-15,17-20H2,1-2H3,(H,31,35). The maximum absolute atomic E-state index is 13.1. The number of rotatable bonds is 7. The molecule has 39 heavy (non-hydrogen) atoms. The van der Waals surface area contributed by atoms with E-state index in [1.165, 1.54) is 0 Å². The van der Waals surface area contributed by atoms with Gasteiger partial charge in [0.25, 0.3) is 11.8 Å². The zero-order valence-electron chi connectivity index (χ0n) is 23.2. The van der Waals surface area contributed by atoms with Gasteiger partial charge in [-0.15, -0.1) is 0 Å². The number of carbonyl (C=O) groups excluding carboxylic acids is 3. The van der Waals surface area contributed by atoms with E-state index in [-0.39, 0.29) is 29.8 Å². The monoisotopic (exact) mass is 536 g/mol. The molecule has 1 N–H and O–H groups in total. The second kappa shape index (κ2) is 11.9. The van der Waals surface area contributed by atoms with E-state index in [1.54, 1.807) is 24.3 Å². The summed E-state index contributed by atoms with van der Waals surface area (Å²) >= 11 is 0. The topological polar surface area (TPSA) is 103 Å². The molecule has 2 saturated heterocycles. The van der Waals surface area contributed by atoms with Crippen LogP contribution >= 0.6 is 0 Å². The van der Waals surface area contributed by atoms with Gasteiger partial charge < -0.3 is 19.7 Å². The summed E-state index contributed by atoms with van der Waals surface area (Å²) in [5.74, 6) is -0.535. The molecule has 0 aliphatic carbocycles. The van der Waals surface area contributed by atoms with Crippen molar-refractivity contribution in [3.05, 3.63) is 52.3 Å². The molecule has 1 unspecified atom stereocenters. The number of carbonyl (C=O) groups is 3. The lowest BCUT2D eigenvalue weighted by Crippen LogP contribution is -2.41. The lowest BCUT2D eigenvalue weighted by atomic mass is 9.76. The summed E-state index contributed by atoms with van der Waals surface area (Å²) < 4.78 is 13.3. The summed E-state index contributed by atoms with van der Waals surface area (Å²) in [6.45, 7) is 8.38. The number of nitrogens with one attached hydrogen (secondary N) is 1. The Labute approximate surface area is 230 Å². The molecule has 2 amide bonds. The van der Waals surface area contributed by atoms with Gasteiger partial charge in [0.15, 0.2) is 0 Å². The molecule has 9 heteroatoms. The van der Waals surface area contributed by atoms with Crippen LogP contribution in [0.25, 0.3) is 0 Å². The van der Waals surface area contributed by atoms with Gasteiger partial charge in [0.1, 0.15) is 0 Å². The van der Waals surface area contributed by atoms with Crippen molar-refractivity contribution in [1.82, 2.24) is 20.0 Å². The highest BCUT2D eigenvalue weighted by atomic mass is 16.5. The number of ether oxygens (including phenoxy) is 2.